The molecule has 3 aromatic carbocycles. The van der Waals surface area contributed by atoms with Crippen LogP contribution in [0.4, 0.5) is 16.4 Å². The third kappa shape index (κ3) is 10.00. The van der Waals surface area contributed by atoms with Crippen LogP contribution in [0.3, 0.4) is 0 Å². The summed E-state index contributed by atoms with van der Waals surface area (Å²) in [5.74, 6) is 5.34. The van der Waals surface area contributed by atoms with Gasteiger partial charge >= 0.3 is 6.09 Å². The maximum absolute atomic E-state index is 12.3. The molecule has 13 nitrogen and oxygen atoms in total. The summed E-state index contributed by atoms with van der Waals surface area (Å²) in [5, 5.41) is 12.9. The van der Waals surface area contributed by atoms with Gasteiger partial charge < -0.3 is 43.4 Å². The largest absolute Gasteiger partial charge is 0.497 e. The molecule has 5 aromatic rings. The fraction of sp³-hybridized carbons (Fsp3) is 0.455. The van der Waals surface area contributed by atoms with E-state index in [1.807, 2.05) is 57.2 Å². The Kier molecular flexibility index (Phi) is 13.3. The number of aryl methyl sites for hydroxylation is 1. The van der Waals surface area contributed by atoms with Gasteiger partial charge in [0.1, 0.15) is 45.5 Å². The van der Waals surface area contributed by atoms with Crippen molar-refractivity contribution in [3.63, 3.8) is 0 Å². The van der Waals surface area contributed by atoms with Crippen molar-refractivity contribution in [3.8, 4) is 23.0 Å². The monoisotopic (exact) mass is 779 g/mol. The van der Waals surface area contributed by atoms with E-state index < -0.39 is 11.7 Å². The lowest BCUT2D eigenvalue weighted by atomic mass is 10.1. The number of imidazole rings is 1. The van der Waals surface area contributed by atoms with Gasteiger partial charge in [0.15, 0.2) is 11.6 Å². The molecule has 1 aliphatic rings. The van der Waals surface area contributed by atoms with Crippen LogP contribution in [0.1, 0.15) is 81.5 Å². The molecule has 0 radical (unpaired) electrons. The van der Waals surface area contributed by atoms with Gasteiger partial charge in [-0.2, -0.15) is 0 Å². The molecule has 1 N–H and O–H groups in total. The molecule has 3 heterocycles. The Morgan fingerprint density at radius 3 is 1.95 bits per heavy atom. The number of unbranched alkanes of at least 4 members (excludes halogenated alkanes) is 1. The first kappa shape index (κ1) is 40.9. The van der Waals surface area contributed by atoms with E-state index in [0.29, 0.717) is 55.0 Å². The Morgan fingerprint density at radius 2 is 1.40 bits per heavy atom. The second kappa shape index (κ2) is 18.5. The molecule has 1 aliphatic heterocycles. The van der Waals surface area contributed by atoms with E-state index >= 15 is 0 Å². The van der Waals surface area contributed by atoms with E-state index in [0.717, 1.165) is 90.1 Å². The number of carbonyl (C=O) groups is 1. The van der Waals surface area contributed by atoms with Crippen molar-refractivity contribution in [3.05, 3.63) is 88.7 Å². The van der Waals surface area contributed by atoms with Gasteiger partial charge in [-0.05, 0) is 75.4 Å². The zero-order valence-corrected chi connectivity index (χ0v) is 34.7. The van der Waals surface area contributed by atoms with Gasteiger partial charge in [-0.3, -0.25) is 0 Å². The Hall–Kier alpha value is -5.72. The number of amides is 1. The first-order valence-corrected chi connectivity index (χ1v) is 19.8. The van der Waals surface area contributed by atoms with Crippen molar-refractivity contribution in [1.82, 2.24) is 25.1 Å². The average molecular weight is 780 g/mol. The van der Waals surface area contributed by atoms with Crippen LogP contribution in [-0.2, 0) is 37.3 Å². The Morgan fingerprint density at radius 1 is 0.807 bits per heavy atom. The molecule has 1 amide bonds. The number of benzene rings is 3. The molecule has 13 heteroatoms. The number of nitrogens with zero attached hydrogens (tertiary/aromatic N) is 6. The third-order valence-corrected chi connectivity index (χ3v) is 10.1. The van der Waals surface area contributed by atoms with Crippen molar-refractivity contribution in [2.75, 3.05) is 51.3 Å². The highest BCUT2D eigenvalue weighted by Crippen LogP contribution is 2.37. The summed E-state index contributed by atoms with van der Waals surface area (Å²) in [5.41, 5.74) is 5.22. The van der Waals surface area contributed by atoms with Crippen LogP contribution in [0, 0.1) is 0 Å². The lowest BCUT2D eigenvalue weighted by Crippen LogP contribution is -2.32. The van der Waals surface area contributed by atoms with Crippen LogP contribution in [0.15, 0.2) is 60.7 Å². The summed E-state index contributed by atoms with van der Waals surface area (Å²) in [6.45, 7) is 11.5. The summed E-state index contributed by atoms with van der Waals surface area (Å²) in [6, 6.07) is 20.1. The van der Waals surface area contributed by atoms with Gasteiger partial charge in [0.2, 0.25) is 0 Å². The molecule has 6 rings (SSSR count). The zero-order chi connectivity index (χ0) is 40.5. The molecule has 0 bridgehead atoms. The maximum atomic E-state index is 12.3. The molecule has 0 unspecified atom stereocenters. The number of anilines is 2. The van der Waals surface area contributed by atoms with Crippen molar-refractivity contribution < 1.29 is 28.5 Å². The van der Waals surface area contributed by atoms with Crippen LogP contribution in [0.25, 0.3) is 11.0 Å². The molecule has 0 aliphatic carbocycles. The van der Waals surface area contributed by atoms with E-state index in [-0.39, 0.29) is 0 Å². The number of fused-ring (bicyclic) bond motifs is 1. The number of hydrogen-bond donors (Lipinski definition) is 1. The number of aromatic nitrogens is 4. The number of methoxy groups -OCH3 is 4. The molecule has 304 valence electrons. The molecule has 0 spiro atoms. The summed E-state index contributed by atoms with van der Waals surface area (Å²) in [4.78, 5) is 22.3. The van der Waals surface area contributed by atoms with Crippen LogP contribution >= 0.6 is 0 Å². The number of hydrogen-bond acceptors (Lipinski definition) is 11. The van der Waals surface area contributed by atoms with Crippen molar-refractivity contribution >= 4 is 28.8 Å². The summed E-state index contributed by atoms with van der Waals surface area (Å²) >= 11 is 0. The topological polar surface area (TPSA) is 125 Å². The van der Waals surface area contributed by atoms with Crippen molar-refractivity contribution in [2.45, 2.75) is 91.6 Å². The lowest BCUT2D eigenvalue weighted by Gasteiger charge is -2.27. The number of nitrogens with one attached hydrogen (secondary N) is 1. The fourth-order valence-electron chi connectivity index (χ4n) is 7.14. The fourth-order valence-corrected chi connectivity index (χ4v) is 7.14. The Balaban J connectivity index is 1.45. The summed E-state index contributed by atoms with van der Waals surface area (Å²) < 4.78 is 30.6. The number of alkyl carbamates (subject to hydrolysis) is 1. The smallest absolute Gasteiger partial charge is 0.407 e. The quantitative estimate of drug-likeness (QED) is 0.0985. The third-order valence-electron chi connectivity index (χ3n) is 10.1. The van der Waals surface area contributed by atoms with Crippen molar-refractivity contribution in [1.29, 1.82) is 0 Å². The molecule has 2 aromatic heterocycles. The van der Waals surface area contributed by atoms with E-state index in [9.17, 15) is 4.79 Å². The maximum Gasteiger partial charge on any atom is 0.407 e. The van der Waals surface area contributed by atoms with Gasteiger partial charge in [0, 0.05) is 68.9 Å². The van der Waals surface area contributed by atoms with E-state index in [1.54, 1.807) is 28.4 Å². The predicted molar refractivity (Wildman–Crippen MR) is 223 cm³/mol. The van der Waals surface area contributed by atoms with Gasteiger partial charge in [-0.15, -0.1) is 10.2 Å². The molecule has 0 saturated carbocycles. The average Bonchev–Trinajstić information content (AvgIpc) is 3.88. The first-order chi connectivity index (χ1) is 27.5. The summed E-state index contributed by atoms with van der Waals surface area (Å²) in [6.07, 6.45) is 4.59. The highest BCUT2D eigenvalue weighted by atomic mass is 16.6. The minimum absolute atomic E-state index is 0.372. The van der Waals surface area contributed by atoms with Gasteiger partial charge in [0.05, 0.1) is 28.4 Å². The second-order valence-electron chi connectivity index (χ2n) is 15.3. The van der Waals surface area contributed by atoms with Gasteiger partial charge in [-0.25, -0.2) is 9.78 Å². The van der Waals surface area contributed by atoms with Crippen molar-refractivity contribution in [2.24, 2.45) is 0 Å². The van der Waals surface area contributed by atoms with Crippen LogP contribution < -0.4 is 34.1 Å². The van der Waals surface area contributed by atoms with Gasteiger partial charge in [0.25, 0.3) is 0 Å². The Bertz CT molecular complexity index is 2070. The second-order valence-corrected chi connectivity index (χ2v) is 15.3. The molecule has 1 fully saturated rings. The zero-order valence-electron chi connectivity index (χ0n) is 34.7. The number of rotatable bonds is 17. The highest BCUT2D eigenvalue weighted by Gasteiger charge is 2.28. The minimum Gasteiger partial charge on any atom is -0.497 e. The van der Waals surface area contributed by atoms with Crippen LogP contribution in [-0.4, -0.2) is 73.0 Å². The Labute approximate surface area is 336 Å². The predicted octanol–water partition coefficient (Wildman–Crippen LogP) is 8.08. The molecule has 0 atom stereocenters. The standard InChI is InChI=1S/C44H57N7O6/c1-9-10-13-38-46-39-40(51(38)27-31-16-14-30(15-17-31)26-45-43(52)57-44(2,3)4)42(49-22-11-12-23-49)48-47-41(39)50(28-32-18-20-34(53-5)24-36(32)55-7)29-33-19-21-35(54-6)25-37(33)56-8/h14-21,24-25H,9-13,22-23,26-29H2,1-8H3,(H,45,52). The molecule has 1 saturated heterocycles. The van der Waals surface area contributed by atoms with E-state index in [1.165, 1.54) is 0 Å². The molecule has 57 heavy (non-hydrogen) atoms. The number of ether oxygens (including phenoxy) is 5. The summed E-state index contributed by atoms with van der Waals surface area (Å²) in [7, 11) is 6.64. The number of carbonyl (C=O) groups excluding carboxylic acids is 1. The van der Waals surface area contributed by atoms with Crippen LogP contribution in [0.2, 0.25) is 0 Å². The molecular formula is C44H57N7O6. The SMILES string of the molecule is CCCCc1nc2c(N(Cc3ccc(OC)cc3OC)Cc3ccc(OC)cc3OC)nnc(N3CCCC3)c2n1Cc1ccc(CNC(=O)OC(C)(C)C)cc1. The first-order valence-electron chi connectivity index (χ1n) is 19.8. The highest BCUT2D eigenvalue weighted by molar-refractivity contribution is 5.94. The van der Waals surface area contributed by atoms with E-state index in [2.05, 4.69) is 50.9 Å². The van der Waals surface area contributed by atoms with Crippen LogP contribution in [0.5, 0.6) is 23.0 Å². The van der Waals surface area contributed by atoms with E-state index in [4.69, 9.17) is 38.9 Å². The normalized spacial score (nSPS) is 12.8. The lowest BCUT2D eigenvalue weighted by molar-refractivity contribution is 0.0523. The molecular weight excluding hydrogens is 723 g/mol. The minimum atomic E-state index is -0.558. The van der Waals surface area contributed by atoms with Gasteiger partial charge in [-0.1, -0.05) is 37.6 Å².